The van der Waals surface area contributed by atoms with Gasteiger partial charge in [-0.2, -0.15) is 0 Å². The topological polar surface area (TPSA) is 152 Å². The number of hydrogen-bond donors (Lipinski definition) is 4. The summed E-state index contributed by atoms with van der Waals surface area (Å²) in [7, 11) is 0. The van der Waals surface area contributed by atoms with Crippen LogP contribution in [0.1, 0.15) is 85.6 Å². The summed E-state index contributed by atoms with van der Waals surface area (Å²) in [6, 6.07) is 43.3. The largest absolute Gasteiger partial charge is 0.508 e. The van der Waals surface area contributed by atoms with Crippen molar-refractivity contribution in [3.05, 3.63) is 180 Å². The average Bonchev–Trinajstić information content (AvgIpc) is 3.31. The highest BCUT2D eigenvalue weighted by Gasteiger charge is 2.37. The van der Waals surface area contributed by atoms with Gasteiger partial charge in [0.15, 0.2) is 12.6 Å². The SMILES string of the molecule is O=C(O)CC/C=C\C[C@@H]1COC(c2ccccc2-c2cccc(-c3ccc4c([C@H]5OC[C@@H](C/C=C\CCC(=O)O)[C@@H](c6ccccc6O)O5)cccc4c3)c2)O[C@@H]1c1ccccc1O. The van der Waals surface area contributed by atoms with Gasteiger partial charge in [-0.3, -0.25) is 9.59 Å². The molecule has 4 N–H and O–H groups in total. The number of rotatable bonds is 16. The Kier molecular flexibility index (Phi) is 14.3. The van der Waals surface area contributed by atoms with Gasteiger partial charge < -0.3 is 39.4 Å². The molecule has 2 aliphatic rings. The molecule has 2 heterocycles. The van der Waals surface area contributed by atoms with E-state index in [4.69, 9.17) is 29.2 Å². The lowest BCUT2D eigenvalue weighted by Crippen LogP contribution is -2.30. The molecule has 2 aliphatic heterocycles. The number of benzene rings is 6. The van der Waals surface area contributed by atoms with Crippen molar-refractivity contribution in [3.63, 3.8) is 0 Å². The fraction of sp³-hybridized carbons (Fsp3) is 0.259. The van der Waals surface area contributed by atoms with Gasteiger partial charge >= 0.3 is 11.9 Å². The number of carboxylic acids is 2. The zero-order valence-electron chi connectivity index (χ0n) is 35.4. The van der Waals surface area contributed by atoms with Crippen molar-refractivity contribution in [1.82, 2.24) is 0 Å². The minimum atomic E-state index is -0.838. The van der Waals surface area contributed by atoms with Crippen molar-refractivity contribution in [2.24, 2.45) is 11.8 Å². The maximum atomic E-state index is 11.0. The Bertz CT molecular complexity index is 2630. The third-order valence-electron chi connectivity index (χ3n) is 12.0. The first-order valence-electron chi connectivity index (χ1n) is 21.8. The minimum absolute atomic E-state index is 0.0643. The Labute approximate surface area is 372 Å². The Hall–Kier alpha value is -6.56. The Morgan fingerprint density at radius 2 is 1.02 bits per heavy atom. The molecule has 328 valence electrons. The lowest BCUT2D eigenvalue weighted by Gasteiger charge is -2.37. The second-order valence-corrected chi connectivity index (χ2v) is 16.3. The number of carboxylic acid groups (broad SMARTS) is 2. The van der Waals surface area contributed by atoms with Gasteiger partial charge in [-0.25, -0.2) is 0 Å². The van der Waals surface area contributed by atoms with E-state index in [-0.39, 0.29) is 36.2 Å². The predicted molar refractivity (Wildman–Crippen MR) is 244 cm³/mol. The molecule has 10 heteroatoms. The number of phenolic OH excluding ortho intramolecular Hbond substituents is 2. The molecule has 0 radical (unpaired) electrons. The Morgan fingerprint density at radius 1 is 0.516 bits per heavy atom. The second kappa shape index (κ2) is 20.7. The van der Waals surface area contributed by atoms with Crippen LogP contribution >= 0.6 is 0 Å². The smallest absolute Gasteiger partial charge is 0.303 e. The third kappa shape index (κ3) is 10.4. The monoisotopic (exact) mass is 860 g/mol. The number of para-hydroxylation sites is 2. The molecule has 2 fully saturated rings. The van der Waals surface area contributed by atoms with Crippen molar-refractivity contribution in [1.29, 1.82) is 0 Å². The third-order valence-corrected chi connectivity index (χ3v) is 12.0. The van der Waals surface area contributed by atoms with Crippen molar-refractivity contribution in [2.45, 2.75) is 63.3 Å². The molecule has 0 saturated carbocycles. The van der Waals surface area contributed by atoms with Crippen LogP contribution in [0.15, 0.2) is 158 Å². The lowest BCUT2D eigenvalue weighted by atomic mass is 9.90. The summed E-state index contributed by atoms with van der Waals surface area (Å²) in [6.07, 6.45) is 7.58. The molecule has 8 rings (SSSR count). The molecular formula is C54H52O10. The number of aromatic hydroxyl groups is 2. The quantitative estimate of drug-likeness (QED) is 0.0692. The molecule has 0 aromatic heterocycles. The number of aliphatic carboxylic acids is 2. The zero-order chi connectivity index (χ0) is 44.4. The van der Waals surface area contributed by atoms with Gasteiger partial charge in [0, 0.05) is 46.9 Å². The molecule has 0 spiro atoms. The summed E-state index contributed by atoms with van der Waals surface area (Å²) in [6.45, 7) is 0.761. The van der Waals surface area contributed by atoms with E-state index in [1.165, 1.54) is 0 Å². The maximum Gasteiger partial charge on any atom is 0.303 e. The van der Waals surface area contributed by atoms with E-state index in [1.807, 2.05) is 85.0 Å². The molecule has 2 saturated heterocycles. The average molecular weight is 861 g/mol. The number of hydrogen-bond acceptors (Lipinski definition) is 8. The highest BCUT2D eigenvalue weighted by Crippen LogP contribution is 2.46. The van der Waals surface area contributed by atoms with Crippen LogP contribution in [-0.4, -0.2) is 45.6 Å². The van der Waals surface area contributed by atoms with Crippen molar-refractivity contribution in [3.8, 4) is 33.8 Å². The van der Waals surface area contributed by atoms with E-state index < -0.39 is 36.7 Å². The Balaban J connectivity index is 1.03. The predicted octanol–water partition coefficient (Wildman–Crippen LogP) is 12.0. The van der Waals surface area contributed by atoms with Gasteiger partial charge in [0.05, 0.1) is 25.4 Å². The van der Waals surface area contributed by atoms with E-state index in [1.54, 1.807) is 24.3 Å². The summed E-state index contributed by atoms with van der Waals surface area (Å²) in [5.74, 6) is -1.57. The molecule has 6 aromatic rings. The minimum Gasteiger partial charge on any atom is -0.508 e. The van der Waals surface area contributed by atoms with Crippen LogP contribution in [0.2, 0.25) is 0 Å². The van der Waals surface area contributed by atoms with E-state index in [9.17, 15) is 19.8 Å². The first-order chi connectivity index (χ1) is 31.2. The molecule has 6 atom stereocenters. The number of fused-ring (bicyclic) bond motifs is 1. The van der Waals surface area contributed by atoms with Crippen molar-refractivity contribution in [2.75, 3.05) is 13.2 Å². The van der Waals surface area contributed by atoms with Gasteiger partial charge in [-0.15, -0.1) is 0 Å². The van der Waals surface area contributed by atoms with E-state index >= 15 is 0 Å². The lowest BCUT2D eigenvalue weighted by molar-refractivity contribution is -0.244. The van der Waals surface area contributed by atoms with Crippen LogP contribution in [0, 0.1) is 11.8 Å². The fourth-order valence-electron chi connectivity index (χ4n) is 8.70. The molecule has 0 bridgehead atoms. The van der Waals surface area contributed by atoms with Crippen LogP contribution in [0.25, 0.3) is 33.0 Å². The first kappa shape index (κ1) is 44.1. The Morgan fingerprint density at radius 3 is 1.61 bits per heavy atom. The standard InChI is InChI=1S/C54H52O10/c55-47-25-11-9-22-45(47)51-39(15-3-1-5-27-49(57)58)33-61-53(63-51)43-21-8-7-20-41(43)37-18-13-17-35(31-37)36-29-30-42-38(32-36)19-14-24-44(42)54-62-34-40(16-4-2-6-28-50(59)60)52(64-54)46-23-10-12-26-48(46)56/h1-4,7-14,17-26,29-32,39-40,51-56H,5-6,15-16,27-28,33-34H2,(H,57,58)(H,59,60)/b3-1-,4-2-/t39-,40-,51+,52+,53?,54+/m1/s1. The number of ether oxygens (including phenoxy) is 4. The van der Waals surface area contributed by atoms with Crippen LogP contribution in [-0.2, 0) is 28.5 Å². The fourth-order valence-corrected chi connectivity index (χ4v) is 8.70. The first-order valence-corrected chi connectivity index (χ1v) is 21.8. The highest BCUT2D eigenvalue weighted by molar-refractivity contribution is 5.90. The van der Waals surface area contributed by atoms with Crippen LogP contribution in [0.5, 0.6) is 11.5 Å². The van der Waals surface area contributed by atoms with E-state index in [2.05, 4.69) is 48.5 Å². The molecule has 1 unspecified atom stereocenters. The van der Waals surface area contributed by atoms with Gasteiger partial charge in [-0.1, -0.05) is 133 Å². The summed E-state index contributed by atoms with van der Waals surface area (Å²) in [5, 5.41) is 41.9. The van der Waals surface area contributed by atoms with Crippen molar-refractivity contribution < 1.29 is 49.0 Å². The van der Waals surface area contributed by atoms with E-state index in [0.717, 1.165) is 44.2 Å². The maximum absolute atomic E-state index is 11.0. The van der Waals surface area contributed by atoms with Gasteiger partial charge in [0.25, 0.3) is 0 Å². The zero-order valence-corrected chi connectivity index (χ0v) is 35.4. The number of phenols is 2. The normalized spacial score (nSPS) is 21.4. The summed E-state index contributed by atoms with van der Waals surface area (Å²) in [5.41, 5.74) is 7.11. The molecule has 6 aromatic carbocycles. The highest BCUT2D eigenvalue weighted by atomic mass is 16.7. The summed E-state index contributed by atoms with van der Waals surface area (Å²) < 4.78 is 26.3. The molecule has 64 heavy (non-hydrogen) atoms. The van der Waals surface area contributed by atoms with Gasteiger partial charge in [0.1, 0.15) is 11.5 Å². The van der Waals surface area contributed by atoms with E-state index in [0.29, 0.717) is 50.0 Å². The molecule has 0 aliphatic carbocycles. The number of carbonyl (C=O) groups is 2. The van der Waals surface area contributed by atoms with Gasteiger partial charge in [0.2, 0.25) is 0 Å². The summed E-state index contributed by atoms with van der Waals surface area (Å²) >= 11 is 0. The molecule has 0 amide bonds. The van der Waals surface area contributed by atoms with Crippen LogP contribution in [0.4, 0.5) is 0 Å². The second-order valence-electron chi connectivity index (χ2n) is 16.3. The van der Waals surface area contributed by atoms with Gasteiger partial charge in [-0.05, 0) is 83.0 Å². The number of allylic oxidation sites excluding steroid dienone is 4. The van der Waals surface area contributed by atoms with Crippen LogP contribution < -0.4 is 0 Å². The summed E-state index contributed by atoms with van der Waals surface area (Å²) in [4.78, 5) is 22.0. The van der Waals surface area contributed by atoms with Crippen LogP contribution in [0.3, 0.4) is 0 Å². The van der Waals surface area contributed by atoms with Crippen molar-refractivity contribution >= 4 is 22.7 Å². The molecule has 10 nitrogen and oxygen atoms in total. The molecular weight excluding hydrogens is 809 g/mol.